The molecule has 1 aliphatic heterocycles. The maximum Gasteiger partial charge on any atom is 0.573 e. The number of benzene rings is 1. The van der Waals surface area contributed by atoms with Gasteiger partial charge in [0.2, 0.25) is 5.91 Å². The second-order valence-electron chi connectivity index (χ2n) is 7.40. The number of halogens is 3. The van der Waals surface area contributed by atoms with E-state index < -0.39 is 12.3 Å². The second kappa shape index (κ2) is 9.33. The summed E-state index contributed by atoms with van der Waals surface area (Å²) in [5, 5.41) is 0. The maximum absolute atomic E-state index is 12.7. The number of pyridine rings is 1. The second-order valence-corrected chi connectivity index (χ2v) is 7.40. The van der Waals surface area contributed by atoms with Gasteiger partial charge in [-0.15, -0.1) is 13.2 Å². The number of hydrogen-bond donors (Lipinski definition) is 1. The molecule has 0 saturated carbocycles. The lowest BCUT2D eigenvalue weighted by Gasteiger charge is -2.19. The van der Waals surface area contributed by atoms with Crippen molar-refractivity contribution in [1.29, 1.82) is 0 Å². The largest absolute Gasteiger partial charge is 0.573 e. The molecule has 8 nitrogen and oxygen atoms in total. The molecule has 11 heteroatoms. The molecule has 0 unspecified atom stereocenters. The highest BCUT2D eigenvalue weighted by Gasteiger charge is 2.35. The van der Waals surface area contributed by atoms with Gasteiger partial charge in [0.1, 0.15) is 11.9 Å². The van der Waals surface area contributed by atoms with Gasteiger partial charge in [-0.25, -0.2) is 9.78 Å². The highest BCUT2D eigenvalue weighted by molar-refractivity contribution is 5.89. The highest BCUT2D eigenvalue weighted by Crippen LogP contribution is 2.28. The smallest absolute Gasteiger partial charge is 0.484 e. The number of methoxy groups -OCH3 is 1. The number of anilines is 1. The van der Waals surface area contributed by atoms with E-state index in [-0.39, 0.29) is 53.8 Å². The average molecular weight is 453 g/mol. The molecule has 0 spiro atoms. The number of alkyl halides is 3. The van der Waals surface area contributed by atoms with Crippen molar-refractivity contribution in [3.8, 4) is 11.5 Å². The third-order valence-electron chi connectivity index (χ3n) is 4.99. The van der Waals surface area contributed by atoms with Crippen LogP contribution in [0.25, 0.3) is 0 Å². The van der Waals surface area contributed by atoms with Crippen molar-refractivity contribution in [3.05, 3.63) is 47.7 Å². The number of aromatic nitrogens is 1. The van der Waals surface area contributed by atoms with Crippen LogP contribution in [0.5, 0.6) is 11.5 Å². The van der Waals surface area contributed by atoms with Crippen molar-refractivity contribution in [2.24, 2.45) is 5.92 Å². The number of nitrogens with two attached hydrogens (primary N) is 1. The zero-order valence-electron chi connectivity index (χ0n) is 17.4. The first kappa shape index (κ1) is 23.2. The number of ether oxygens (including phenoxy) is 3. The number of hydrogen-bond acceptors (Lipinski definition) is 7. The fourth-order valence-electron chi connectivity index (χ4n) is 3.33. The average Bonchev–Trinajstić information content (AvgIpc) is 3.10. The quantitative estimate of drug-likeness (QED) is 0.671. The molecule has 32 heavy (non-hydrogen) atoms. The molecule has 2 atom stereocenters. The molecule has 2 N–H and O–H groups in total. The van der Waals surface area contributed by atoms with Gasteiger partial charge in [0.15, 0.2) is 11.6 Å². The summed E-state index contributed by atoms with van der Waals surface area (Å²) in [6.07, 6.45) is -3.84. The van der Waals surface area contributed by atoms with E-state index in [0.29, 0.717) is 12.1 Å². The van der Waals surface area contributed by atoms with Gasteiger partial charge in [-0.05, 0) is 17.7 Å². The van der Waals surface area contributed by atoms with Crippen molar-refractivity contribution >= 4 is 17.7 Å². The molecule has 1 aromatic heterocycles. The van der Waals surface area contributed by atoms with Crippen LogP contribution in [0.4, 0.5) is 19.0 Å². The van der Waals surface area contributed by atoms with Crippen molar-refractivity contribution < 1.29 is 37.0 Å². The van der Waals surface area contributed by atoms with E-state index in [1.54, 1.807) is 4.90 Å². The molecule has 1 aliphatic rings. The minimum absolute atomic E-state index is 0.0211. The molecule has 1 aromatic carbocycles. The molecule has 0 aliphatic carbocycles. The molecular weight excluding hydrogens is 431 g/mol. The molecule has 2 heterocycles. The Hall–Kier alpha value is -3.50. The number of amides is 1. The number of rotatable bonds is 6. The SMILES string of the molecule is COC(=O)c1cnc(N)c(O[C@H]2CN(C(=O)Cc3ccc(OC(F)(F)F)cc3)C[C@@H]2C)c1. The highest BCUT2D eigenvalue weighted by atomic mass is 19.4. The Morgan fingerprint density at radius 1 is 1.22 bits per heavy atom. The lowest BCUT2D eigenvalue weighted by Crippen LogP contribution is -2.32. The Labute approximate surface area is 182 Å². The standard InChI is InChI=1S/C21H22F3N3O5/c1-12-10-27(18(28)7-13-3-5-15(6-4-13)32-21(22,23)24)11-17(12)31-16-8-14(20(29)30-2)9-26-19(16)25/h3-6,8-9,12,17H,7,10-11H2,1-2H3,(H2,25,26)/t12-,17-/m0/s1. The first-order valence-corrected chi connectivity index (χ1v) is 9.68. The lowest BCUT2D eigenvalue weighted by atomic mass is 10.1. The van der Waals surface area contributed by atoms with Gasteiger partial charge in [0.05, 0.1) is 25.6 Å². The molecule has 0 radical (unpaired) electrons. The summed E-state index contributed by atoms with van der Waals surface area (Å²) in [4.78, 5) is 29.9. The van der Waals surface area contributed by atoms with E-state index in [4.69, 9.17) is 10.5 Å². The topological polar surface area (TPSA) is 104 Å². The minimum atomic E-state index is -4.77. The lowest BCUT2D eigenvalue weighted by molar-refractivity contribution is -0.274. The van der Waals surface area contributed by atoms with Gasteiger partial charge in [0, 0.05) is 24.7 Å². The number of esters is 1. The normalized spacial score (nSPS) is 18.3. The van der Waals surface area contributed by atoms with Crippen LogP contribution in [0.3, 0.4) is 0 Å². The van der Waals surface area contributed by atoms with Gasteiger partial charge < -0.3 is 24.8 Å². The predicted octanol–water partition coefficient (Wildman–Crippen LogP) is 2.82. The molecule has 1 saturated heterocycles. The first-order valence-electron chi connectivity index (χ1n) is 9.68. The number of carbonyl (C=O) groups excluding carboxylic acids is 2. The van der Waals surface area contributed by atoms with Crippen LogP contribution in [-0.2, 0) is 16.0 Å². The Bertz CT molecular complexity index is 982. The number of likely N-dealkylation sites (tertiary alicyclic amines) is 1. The Balaban J connectivity index is 1.61. The van der Waals surface area contributed by atoms with Gasteiger partial charge in [-0.2, -0.15) is 0 Å². The molecule has 3 rings (SSSR count). The Morgan fingerprint density at radius 2 is 1.91 bits per heavy atom. The first-order chi connectivity index (χ1) is 15.1. The van der Waals surface area contributed by atoms with Crippen LogP contribution in [0.15, 0.2) is 36.5 Å². The van der Waals surface area contributed by atoms with Crippen molar-refractivity contribution in [2.45, 2.75) is 25.8 Å². The summed E-state index contributed by atoms with van der Waals surface area (Å²) < 4.78 is 51.2. The van der Waals surface area contributed by atoms with E-state index in [9.17, 15) is 22.8 Å². The van der Waals surface area contributed by atoms with E-state index in [1.807, 2.05) is 6.92 Å². The van der Waals surface area contributed by atoms with Crippen LogP contribution in [0.2, 0.25) is 0 Å². The molecular formula is C21H22F3N3O5. The van der Waals surface area contributed by atoms with Gasteiger partial charge in [-0.1, -0.05) is 19.1 Å². The van der Waals surface area contributed by atoms with Crippen LogP contribution < -0.4 is 15.2 Å². The number of nitrogen functional groups attached to an aromatic ring is 1. The van der Waals surface area contributed by atoms with Gasteiger partial charge >= 0.3 is 12.3 Å². The van der Waals surface area contributed by atoms with Gasteiger partial charge in [-0.3, -0.25) is 4.79 Å². The third kappa shape index (κ3) is 5.80. The summed E-state index contributed by atoms with van der Waals surface area (Å²) in [5.74, 6) is -0.817. The molecule has 0 bridgehead atoms. The summed E-state index contributed by atoms with van der Waals surface area (Å²) in [5.41, 5.74) is 6.60. The third-order valence-corrected chi connectivity index (χ3v) is 4.99. The van der Waals surface area contributed by atoms with E-state index in [0.717, 1.165) is 0 Å². The van der Waals surface area contributed by atoms with E-state index in [2.05, 4.69) is 14.5 Å². The van der Waals surface area contributed by atoms with Crippen LogP contribution in [0, 0.1) is 5.92 Å². The Morgan fingerprint density at radius 3 is 2.53 bits per heavy atom. The Kier molecular flexibility index (Phi) is 6.75. The zero-order valence-corrected chi connectivity index (χ0v) is 17.4. The molecule has 1 amide bonds. The van der Waals surface area contributed by atoms with Crippen LogP contribution in [0.1, 0.15) is 22.8 Å². The van der Waals surface area contributed by atoms with Crippen LogP contribution in [-0.4, -0.2) is 54.4 Å². The van der Waals surface area contributed by atoms with E-state index >= 15 is 0 Å². The fraction of sp³-hybridized carbons (Fsp3) is 0.381. The molecule has 2 aromatic rings. The minimum Gasteiger partial charge on any atom is -0.484 e. The summed E-state index contributed by atoms with van der Waals surface area (Å²) >= 11 is 0. The van der Waals surface area contributed by atoms with Crippen molar-refractivity contribution in [2.75, 3.05) is 25.9 Å². The monoisotopic (exact) mass is 453 g/mol. The molecule has 1 fully saturated rings. The number of carbonyl (C=O) groups is 2. The predicted molar refractivity (Wildman–Crippen MR) is 107 cm³/mol. The van der Waals surface area contributed by atoms with Crippen LogP contribution >= 0.6 is 0 Å². The molecule has 172 valence electrons. The zero-order chi connectivity index (χ0) is 23.5. The summed E-state index contributed by atoms with van der Waals surface area (Å²) in [7, 11) is 1.25. The van der Waals surface area contributed by atoms with Crippen molar-refractivity contribution in [3.63, 3.8) is 0 Å². The number of nitrogens with zero attached hydrogens (tertiary/aromatic N) is 2. The summed E-state index contributed by atoms with van der Waals surface area (Å²) in [6, 6.07) is 6.60. The van der Waals surface area contributed by atoms with Gasteiger partial charge in [0.25, 0.3) is 0 Å². The van der Waals surface area contributed by atoms with Crippen molar-refractivity contribution in [1.82, 2.24) is 9.88 Å². The fourth-order valence-corrected chi connectivity index (χ4v) is 3.33. The summed E-state index contributed by atoms with van der Waals surface area (Å²) in [6.45, 7) is 2.63. The maximum atomic E-state index is 12.7. The van der Waals surface area contributed by atoms with E-state index in [1.165, 1.54) is 43.6 Å².